The van der Waals surface area contributed by atoms with Crippen LogP contribution in [0.2, 0.25) is 0 Å². The van der Waals surface area contributed by atoms with Gasteiger partial charge in [-0.3, -0.25) is 0 Å². The van der Waals surface area contributed by atoms with Gasteiger partial charge in [0.05, 0.1) is 54.9 Å². The van der Waals surface area contributed by atoms with Gasteiger partial charge >= 0.3 is 118 Å². The van der Waals surface area contributed by atoms with Crippen LogP contribution in [0.15, 0.2) is 125 Å². The van der Waals surface area contributed by atoms with Crippen LogP contribution >= 0.6 is 0 Å². The molecule has 6 N–H and O–H groups in total. The first-order chi connectivity index (χ1) is 36.1. The van der Waals surface area contributed by atoms with Crippen LogP contribution in [-0.2, 0) is 53.6 Å². The third-order valence-electron chi connectivity index (χ3n) is 11.4. The molecule has 28 nitrogen and oxygen atoms in total. The number of benzene rings is 6. The summed E-state index contributed by atoms with van der Waals surface area (Å²) in [7, 11) is -14.3. The van der Waals surface area contributed by atoms with E-state index in [9.17, 15) is 72.3 Å². The Morgan fingerprint density at radius 3 is 1.17 bits per heavy atom. The van der Waals surface area contributed by atoms with Crippen molar-refractivity contribution in [1.29, 1.82) is 0 Å². The third-order valence-corrected chi connectivity index (χ3v) is 14.8. The van der Waals surface area contributed by atoms with Crippen LogP contribution in [0.25, 0.3) is 21.5 Å². The molecule has 7 aromatic rings. The van der Waals surface area contributed by atoms with Gasteiger partial charge in [0.25, 0.3) is 0 Å². The van der Waals surface area contributed by atoms with E-state index in [0.29, 0.717) is 11.1 Å². The first-order valence-corrected chi connectivity index (χ1v) is 27.8. The van der Waals surface area contributed by atoms with Gasteiger partial charge in [0.15, 0.2) is 0 Å². The van der Waals surface area contributed by atoms with Gasteiger partial charge in [-0.15, -0.1) is 20.5 Å². The zero-order chi connectivity index (χ0) is 56.4. The summed E-state index contributed by atoms with van der Waals surface area (Å²) in [5, 5.41) is 63.7. The Bertz CT molecular complexity index is 3760. The summed E-state index contributed by atoms with van der Waals surface area (Å²) in [6.07, 6.45) is 0. The fourth-order valence-electron chi connectivity index (χ4n) is 7.87. The molecule has 0 aliphatic rings. The quantitative estimate of drug-likeness (QED) is 0.0221. The SMILES string of the molecule is CNc1ccc2cc(S(=O)(=O)[O-])cc(O)c2c1N=Nc1cc(CN(C)c2nc(N(C)Cc3ccc(S(=O)(=O)[O-])c(N=Nc4c(NC)ccc5cc(S(=O)(=O)[O-])cc(O)c45)c3)nc(N(CCO)CCO)n2)ccc1S(=O)(=O)[O-].[Na+].[Na+].[Na+].[Na+]. The molecule has 0 saturated carbocycles. The number of nitrogens with zero attached hydrogens (tertiary/aromatic N) is 10. The van der Waals surface area contributed by atoms with Crippen LogP contribution in [0, 0.1) is 0 Å². The summed E-state index contributed by atoms with van der Waals surface area (Å²) in [6.45, 7) is -1.15. The van der Waals surface area contributed by atoms with Crippen molar-refractivity contribution in [2.24, 2.45) is 20.5 Å². The van der Waals surface area contributed by atoms with Crippen molar-refractivity contribution in [1.82, 2.24) is 15.0 Å². The zero-order valence-electron chi connectivity index (χ0n) is 44.6. The molecule has 0 saturated heterocycles. The van der Waals surface area contributed by atoms with Gasteiger partial charge in [-0.05, 0) is 82.6 Å². The molecule has 81 heavy (non-hydrogen) atoms. The van der Waals surface area contributed by atoms with Crippen LogP contribution in [0.1, 0.15) is 11.1 Å². The maximum atomic E-state index is 12.5. The van der Waals surface area contributed by atoms with Crippen LogP contribution in [-0.4, -0.2) is 142 Å². The topological polar surface area (TPSA) is 432 Å². The molecule has 0 spiro atoms. The van der Waals surface area contributed by atoms with Crippen molar-refractivity contribution in [3.05, 3.63) is 96.1 Å². The minimum atomic E-state index is -5.20. The van der Waals surface area contributed by atoms with E-state index in [0.717, 1.165) is 36.4 Å². The minimum Gasteiger partial charge on any atom is -0.744 e. The summed E-state index contributed by atoms with van der Waals surface area (Å²) in [5.74, 6) is -1.44. The number of anilines is 5. The van der Waals surface area contributed by atoms with Crippen molar-refractivity contribution in [3.63, 3.8) is 0 Å². The largest absolute Gasteiger partial charge is 1.00 e. The maximum Gasteiger partial charge on any atom is 1.00 e. The van der Waals surface area contributed by atoms with E-state index >= 15 is 0 Å². The Labute approximate surface area is 553 Å². The first-order valence-electron chi connectivity index (χ1n) is 22.2. The van der Waals surface area contributed by atoms with E-state index in [2.05, 4.69) is 46.0 Å². The van der Waals surface area contributed by atoms with Crippen molar-refractivity contribution in [2.75, 3.05) is 79.8 Å². The van der Waals surface area contributed by atoms with E-state index in [4.69, 9.17) is 0 Å². The Kier molecular flexibility index (Phi) is 25.9. The average molecular weight is 1230 g/mol. The Morgan fingerprint density at radius 1 is 0.494 bits per heavy atom. The van der Waals surface area contributed by atoms with Crippen LogP contribution < -0.4 is 144 Å². The molecule has 7 rings (SSSR count). The Balaban J connectivity index is 0.00000431. The Morgan fingerprint density at radius 2 is 0.852 bits per heavy atom. The van der Waals surface area contributed by atoms with Crippen LogP contribution in [0.4, 0.5) is 52.0 Å². The number of hydrogen-bond acceptors (Lipinski definition) is 28. The molecular formula is C45H44N12Na4O16S4. The van der Waals surface area contributed by atoms with Crippen molar-refractivity contribution in [3.8, 4) is 11.5 Å². The molecule has 0 atom stereocenters. The number of azo groups is 2. The Hall–Kier alpha value is -3.79. The number of nitrogens with one attached hydrogen (secondary N) is 2. The fraction of sp³-hybridized carbons (Fsp3) is 0.222. The second-order valence-electron chi connectivity index (χ2n) is 16.7. The van der Waals surface area contributed by atoms with Gasteiger partial charge in [0.2, 0.25) is 17.8 Å². The van der Waals surface area contributed by atoms with Crippen molar-refractivity contribution in [2.45, 2.75) is 32.7 Å². The predicted molar refractivity (Wildman–Crippen MR) is 274 cm³/mol. The maximum absolute atomic E-state index is 12.5. The number of rotatable bonds is 21. The number of phenolic OH excluding ortho intramolecular Hbond substituents is 2. The van der Waals surface area contributed by atoms with Crippen molar-refractivity contribution < 1.29 is 191 Å². The van der Waals surface area contributed by atoms with Gasteiger partial charge in [0.1, 0.15) is 74.7 Å². The van der Waals surface area contributed by atoms with Gasteiger partial charge < -0.3 is 64.0 Å². The van der Waals surface area contributed by atoms with E-state index in [1.165, 1.54) is 77.3 Å². The zero-order valence-corrected chi connectivity index (χ0v) is 55.9. The second kappa shape index (κ2) is 29.3. The predicted octanol–water partition coefficient (Wildman–Crippen LogP) is -7.80. The second-order valence-corrected chi connectivity index (χ2v) is 22.2. The molecule has 6 aromatic carbocycles. The molecule has 408 valence electrons. The van der Waals surface area contributed by atoms with E-state index in [-0.39, 0.29) is 207 Å². The number of hydrogen-bond donors (Lipinski definition) is 6. The van der Waals surface area contributed by atoms with Gasteiger partial charge in [-0.1, -0.05) is 24.3 Å². The number of aliphatic hydroxyl groups is 2. The molecule has 0 aliphatic heterocycles. The molecule has 0 bridgehead atoms. The smallest absolute Gasteiger partial charge is 0.744 e. The molecule has 0 unspecified atom stereocenters. The van der Waals surface area contributed by atoms with Crippen LogP contribution in [0.5, 0.6) is 11.5 Å². The van der Waals surface area contributed by atoms with E-state index in [1.807, 2.05) is 0 Å². The summed E-state index contributed by atoms with van der Waals surface area (Å²) in [6, 6.07) is 16.2. The monoisotopic (exact) mass is 1230 g/mol. The molecular weight excluding hydrogens is 1180 g/mol. The molecule has 0 amide bonds. The number of aromatic nitrogens is 3. The van der Waals surface area contributed by atoms with E-state index in [1.54, 1.807) is 14.1 Å². The summed E-state index contributed by atoms with van der Waals surface area (Å²) in [5.41, 5.74) is -0.0606. The van der Waals surface area contributed by atoms with Gasteiger partial charge in [-0.25, -0.2) is 33.7 Å². The standard InChI is InChI=1S/C45H48N12O16S4.4Na/c1-46-31-9-7-27-19-29(74(62,63)64)21-35(60)39(27)41(31)53-51-33-17-25(5-11-37(33)76(68,69)70)23-55(3)43-48-44(50-45(49-43)57(13-15-58)14-16-59)56(4)24-26-6-12-38(77(71,72)73)34(18-26)52-54-42-32(47-2)10-8-28-20-30(75(65,66)67)22-36(61)40(28)42;;;;/h5-12,17-22,46-47,58-61H,13-16,23-24H2,1-4H3,(H,62,63,64)(H,65,66,67)(H,68,69,70)(H,71,72,73);;;;/q;4*+1/p-4. The third kappa shape index (κ3) is 17.2. The van der Waals surface area contributed by atoms with Gasteiger partial charge in [0, 0.05) is 54.4 Å². The van der Waals surface area contributed by atoms with Crippen molar-refractivity contribution >= 4 is 114 Å². The summed E-state index contributed by atoms with van der Waals surface area (Å²) in [4.78, 5) is 15.1. The average Bonchev–Trinajstić information content (AvgIpc) is 3.35. The van der Waals surface area contributed by atoms with Gasteiger partial charge in [-0.2, -0.15) is 15.0 Å². The number of aromatic hydroxyl groups is 2. The molecule has 0 aliphatic carbocycles. The number of fused-ring (bicyclic) bond motifs is 2. The fourth-order valence-corrected chi connectivity index (χ4v) is 10.1. The van der Waals surface area contributed by atoms with E-state index < -0.39 is 96.1 Å². The minimum absolute atomic E-state index is 0. The first kappa shape index (κ1) is 71.5. The molecule has 1 aromatic heterocycles. The molecule has 0 fully saturated rings. The van der Waals surface area contributed by atoms with Crippen LogP contribution in [0.3, 0.4) is 0 Å². The summed E-state index contributed by atoms with van der Waals surface area (Å²) < 4.78 is 146. The molecule has 0 radical (unpaired) electrons. The molecule has 1 heterocycles. The summed E-state index contributed by atoms with van der Waals surface area (Å²) >= 11 is 0. The normalized spacial score (nSPS) is 11.9. The number of phenols is 2. The molecule has 36 heteroatoms. The number of aliphatic hydroxyl groups excluding tert-OH is 2.